The van der Waals surface area contributed by atoms with Crippen LogP contribution in [0.5, 0.6) is 5.75 Å². The van der Waals surface area contributed by atoms with E-state index in [1.807, 2.05) is 31.0 Å². The summed E-state index contributed by atoms with van der Waals surface area (Å²) in [6.45, 7) is 6.45. The van der Waals surface area contributed by atoms with Gasteiger partial charge in [0, 0.05) is 19.6 Å². The average Bonchev–Trinajstić information content (AvgIpc) is 2.96. The lowest BCUT2D eigenvalue weighted by Crippen LogP contribution is -2.38. The first-order valence-electron chi connectivity index (χ1n) is 7.25. The van der Waals surface area contributed by atoms with Gasteiger partial charge in [0.05, 0.1) is 13.0 Å². The molecule has 1 aromatic carbocycles. The van der Waals surface area contributed by atoms with E-state index >= 15 is 0 Å². The second-order valence-electron chi connectivity index (χ2n) is 5.45. The molecule has 1 aliphatic rings. The van der Waals surface area contributed by atoms with Gasteiger partial charge in [-0.1, -0.05) is 12.1 Å². The second kappa shape index (κ2) is 6.75. The van der Waals surface area contributed by atoms with Crippen molar-refractivity contribution in [1.29, 1.82) is 0 Å². The molecule has 1 amide bonds. The number of hydrogen-bond donors (Lipinski definition) is 1. The third kappa shape index (κ3) is 3.51. The molecule has 1 heterocycles. The van der Waals surface area contributed by atoms with Gasteiger partial charge in [-0.3, -0.25) is 4.79 Å². The van der Waals surface area contributed by atoms with Crippen LogP contribution in [0.15, 0.2) is 18.2 Å². The van der Waals surface area contributed by atoms with Crippen LogP contribution in [0, 0.1) is 13.8 Å². The van der Waals surface area contributed by atoms with Crippen molar-refractivity contribution in [3.63, 3.8) is 0 Å². The molecule has 2 rings (SSSR count). The van der Waals surface area contributed by atoms with Gasteiger partial charge in [-0.25, -0.2) is 0 Å². The topological polar surface area (TPSA) is 41.6 Å². The largest absolute Gasteiger partial charge is 0.493 e. The molecule has 0 aliphatic carbocycles. The summed E-state index contributed by atoms with van der Waals surface area (Å²) in [6, 6.07) is 6.34. The fourth-order valence-corrected chi connectivity index (χ4v) is 2.48. The Bertz CT molecular complexity index is 468. The SMILES string of the molecule is Cc1cccc(OCCC(=O)N(C)[C@H]2CCNC2)c1C. The van der Waals surface area contributed by atoms with Crippen LogP contribution in [0.3, 0.4) is 0 Å². The first-order valence-corrected chi connectivity index (χ1v) is 7.25. The number of carbonyl (C=O) groups excluding carboxylic acids is 1. The van der Waals surface area contributed by atoms with Crippen LogP contribution in [-0.2, 0) is 4.79 Å². The molecule has 0 saturated carbocycles. The van der Waals surface area contributed by atoms with Gasteiger partial charge in [-0.15, -0.1) is 0 Å². The zero-order valence-corrected chi connectivity index (χ0v) is 12.6. The zero-order valence-electron chi connectivity index (χ0n) is 12.6. The van der Waals surface area contributed by atoms with E-state index in [0.717, 1.165) is 30.8 Å². The highest BCUT2D eigenvalue weighted by molar-refractivity contribution is 5.76. The molecule has 4 nitrogen and oxygen atoms in total. The monoisotopic (exact) mass is 276 g/mol. The fourth-order valence-electron chi connectivity index (χ4n) is 2.48. The Morgan fingerprint density at radius 1 is 1.45 bits per heavy atom. The minimum absolute atomic E-state index is 0.156. The average molecular weight is 276 g/mol. The van der Waals surface area contributed by atoms with Gasteiger partial charge in [0.25, 0.3) is 0 Å². The fraction of sp³-hybridized carbons (Fsp3) is 0.562. The Hall–Kier alpha value is -1.55. The van der Waals surface area contributed by atoms with E-state index in [2.05, 4.69) is 18.3 Å². The number of nitrogens with zero attached hydrogens (tertiary/aromatic N) is 1. The predicted octanol–water partition coefficient (Wildman–Crippen LogP) is 1.89. The lowest BCUT2D eigenvalue weighted by molar-refractivity contribution is -0.132. The maximum atomic E-state index is 12.1. The minimum Gasteiger partial charge on any atom is -0.493 e. The highest BCUT2D eigenvalue weighted by Gasteiger charge is 2.22. The Balaban J connectivity index is 1.80. The van der Waals surface area contributed by atoms with Crippen molar-refractivity contribution in [3.05, 3.63) is 29.3 Å². The molecule has 1 fully saturated rings. The van der Waals surface area contributed by atoms with E-state index in [1.165, 1.54) is 5.56 Å². The number of rotatable bonds is 5. The van der Waals surface area contributed by atoms with Crippen molar-refractivity contribution in [3.8, 4) is 5.75 Å². The first-order chi connectivity index (χ1) is 9.59. The van der Waals surface area contributed by atoms with E-state index in [1.54, 1.807) is 0 Å². The zero-order chi connectivity index (χ0) is 14.5. The van der Waals surface area contributed by atoms with Crippen molar-refractivity contribution >= 4 is 5.91 Å². The van der Waals surface area contributed by atoms with Gasteiger partial charge in [0.2, 0.25) is 5.91 Å². The maximum absolute atomic E-state index is 12.1. The smallest absolute Gasteiger partial charge is 0.226 e. The van der Waals surface area contributed by atoms with Crippen LogP contribution in [0.25, 0.3) is 0 Å². The van der Waals surface area contributed by atoms with Gasteiger partial charge >= 0.3 is 0 Å². The van der Waals surface area contributed by atoms with Crippen LogP contribution < -0.4 is 10.1 Å². The van der Waals surface area contributed by atoms with E-state index in [0.29, 0.717) is 19.1 Å². The summed E-state index contributed by atoms with van der Waals surface area (Å²) in [5.41, 5.74) is 2.36. The summed E-state index contributed by atoms with van der Waals surface area (Å²) in [5, 5.41) is 3.28. The highest BCUT2D eigenvalue weighted by atomic mass is 16.5. The van der Waals surface area contributed by atoms with Gasteiger partial charge in [-0.05, 0) is 44.0 Å². The molecule has 0 unspecified atom stereocenters. The van der Waals surface area contributed by atoms with Gasteiger partial charge in [0.15, 0.2) is 0 Å². The van der Waals surface area contributed by atoms with Crippen molar-refractivity contribution in [2.24, 2.45) is 0 Å². The third-order valence-electron chi connectivity index (χ3n) is 4.10. The van der Waals surface area contributed by atoms with Gasteiger partial charge in [0.1, 0.15) is 5.75 Å². The molecule has 0 spiro atoms. The van der Waals surface area contributed by atoms with Crippen molar-refractivity contribution in [2.75, 3.05) is 26.7 Å². The van der Waals surface area contributed by atoms with Gasteiger partial charge < -0.3 is 15.0 Å². The Morgan fingerprint density at radius 3 is 2.95 bits per heavy atom. The predicted molar refractivity (Wildman–Crippen MR) is 80.1 cm³/mol. The quantitative estimate of drug-likeness (QED) is 0.893. The molecule has 1 aromatic rings. The molecule has 1 aliphatic heterocycles. The van der Waals surface area contributed by atoms with Crippen LogP contribution in [0.4, 0.5) is 0 Å². The third-order valence-corrected chi connectivity index (χ3v) is 4.10. The van der Waals surface area contributed by atoms with Crippen molar-refractivity contribution in [1.82, 2.24) is 10.2 Å². The van der Waals surface area contributed by atoms with E-state index in [-0.39, 0.29) is 5.91 Å². The second-order valence-corrected chi connectivity index (χ2v) is 5.45. The molecule has 1 N–H and O–H groups in total. The van der Waals surface area contributed by atoms with Crippen molar-refractivity contribution in [2.45, 2.75) is 32.7 Å². The Labute approximate surface area is 121 Å². The van der Waals surface area contributed by atoms with E-state index in [4.69, 9.17) is 4.74 Å². The summed E-state index contributed by atoms with van der Waals surface area (Å²) < 4.78 is 5.74. The van der Waals surface area contributed by atoms with E-state index in [9.17, 15) is 4.79 Å². The lowest BCUT2D eigenvalue weighted by Gasteiger charge is -2.23. The summed E-state index contributed by atoms with van der Waals surface area (Å²) >= 11 is 0. The highest BCUT2D eigenvalue weighted by Crippen LogP contribution is 2.20. The molecule has 110 valence electrons. The molecular formula is C16H24N2O2. The molecule has 0 radical (unpaired) electrons. The van der Waals surface area contributed by atoms with Crippen LogP contribution in [0.2, 0.25) is 0 Å². The van der Waals surface area contributed by atoms with Crippen LogP contribution >= 0.6 is 0 Å². The molecule has 1 atom stereocenters. The number of carbonyl (C=O) groups is 1. The molecular weight excluding hydrogens is 252 g/mol. The summed E-state index contributed by atoms with van der Waals surface area (Å²) in [5.74, 6) is 1.03. The molecule has 4 heteroatoms. The van der Waals surface area contributed by atoms with Gasteiger partial charge in [-0.2, -0.15) is 0 Å². The number of likely N-dealkylation sites (N-methyl/N-ethyl adjacent to an activating group) is 1. The normalized spacial score (nSPS) is 18.1. The lowest BCUT2D eigenvalue weighted by atomic mass is 10.1. The standard InChI is InChI=1S/C16H24N2O2/c1-12-5-4-6-15(13(12)2)20-10-8-16(19)18(3)14-7-9-17-11-14/h4-6,14,17H,7-11H2,1-3H3/t14-/m0/s1. The number of amides is 1. The van der Waals surface area contributed by atoms with E-state index < -0.39 is 0 Å². The molecule has 20 heavy (non-hydrogen) atoms. The number of nitrogens with one attached hydrogen (secondary N) is 1. The minimum atomic E-state index is 0.156. The van der Waals surface area contributed by atoms with Crippen molar-refractivity contribution < 1.29 is 9.53 Å². The summed E-state index contributed by atoms with van der Waals surface area (Å²) in [7, 11) is 1.89. The number of aryl methyl sites for hydroxylation is 1. The summed E-state index contributed by atoms with van der Waals surface area (Å²) in [6.07, 6.45) is 1.47. The number of ether oxygens (including phenoxy) is 1. The Morgan fingerprint density at radius 2 is 2.25 bits per heavy atom. The Kier molecular flexibility index (Phi) is 5.01. The van der Waals surface area contributed by atoms with Crippen LogP contribution in [0.1, 0.15) is 24.0 Å². The number of hydrogen-bond acceptors (Lipinski definition) is 3. The number of benzene rings is 1. The maximum Gasteiger partial charge on any atom is 0.226 e. The molecule has 0 bridgehead atoms. The first kappa shape index (κ1) is 14.9. The molecule has 0 aromatic heterocycles. The molecule has 1 saturated heterocycles. The van der Waals surface area contributed by atoms with Crippen LogP contribution in [-0.4, -0.2) is 43.6 Å². The summed E-state index contributed by atoms with van der Waals surface area (Å²) in [4.78, 5) is 13.9.